The molecule has 1 N–H and O–H groups in total. The lowest BCUT2D eigenvalue weighted by Crippen LogP contribution is -2.30. The normalized spacial score (nSPS) is 11.7. The SMILES string of the molecule is COc1ccc(Br)c(C(=O)N[C@@H](c2ccccc2)c2nnc(-c3ccccc3)o2)c1. The average Bonchev–Trinajstić information content (AvgIpc) is 3.29. The predicted molar refractivity (Wildman–Crippen MR) is 116 cm³/mol. The average molecular weight is 464 g/mol. The number of halogens is 1. The number of nitrogens with one attached hydrogen (secondary N) is 1. The van der Waals surface area contributed by atoms with E-state index in [1.165, 1.54) is 0 Å². The first-order chi connectivity index (χ1) is 14.7. The summed E-state index contributed by atoms with van der Waals surface area (Å²) < 4.78 is 11.8. The van der Waals surface area contributed by atoms with E-state index in [2.05, 4.69) is 31.4 Å². The minimum atomic E-state index is -0.609. The molecule has 0 aliphatic heterocycles. The summed E-state index contributed by atoms with van der Waals surface area (Å²) in [6.45, 7) is 0. The van der Waals surface area contributed by atoms with Crippen LogP contribution in [0.15, 0.2) is 87.8 Å². The van der Waals surface area contributed by atoms with E-state index in [1.54, 1.807) is 25.3 Å². The van der Waals surface area contributed by atoms with Crippen LogP contribution in [0.4, 0.5) is 0 Å². The van der Waals surface area contributed by atoms with Gasteiger partial charge >= 0.3 is 0 Å². The zero-order valence-electron chi connectivity index (χ0n) is 16.1. The van der Waals surface area contributed by atoms with Crippen molar-refractivity contribution in [3.05, 3.63) is 100 Å². The number of hydrogen-bond donors (Lipinski definition) is 1. The van der Waals surface area contributed by atoms with Crippen molar-refractivity contribution in [3.63, 3.8) is 0 Å². The molecule has 3 aromatic carbocycles. The molecule has 0 fully saturated rings. The molecule has 4 rings (SSSR count). The summed E-state index contributed by atoms with van der Waals surface area (Å²) >= 11 is 3.43. The van der Waals surface area contributed by atoms with Crippen LogP contribution in [0, 0.1) is 0 Å². The number of rotatable bonds is 6. The fourth-order valence-electron chi connectivity index (χ4n) is 3.00. The molecule has 0 unspecified atom stereocenters. The zero-order chi connectivity index (χ0) is 20.9. The van der Waals surface area contributed by atoms with Crippen LogP contribution in [-0.2, 0) is 0 Å². The van der Waals surface area contributed by atoms with Gasteiger partial charge in [-0.25, -0.2) is 0 Å². The molecule has 0 radical (unpaired) electrons. The lowest BCUT2D eigenvalue weighted by atomic mass is 10.1. The number of benzene rings is 3. The number of carbonyl (C=O) groups excluding carboxylic acids is 1. The second-order valence-electron chi connectivity index (χ2n) is 6.47. The van der Waals surface area contributed by atoms with Crippen LogP contribution in [0.25, 0.3) is 11.5 Å². The van der Waals surface area contributed by atoms with Crippen LogP contribution in [-0.4, -0.2) is 23.2 Å². The van der Waals surface area contributed by atoms with Gasteiger partial charge in [-0.15, -0.1) is 10.2 Å². The highest BCUT2D eigenvalue weighted by Crippen LogP contribution is 2.27. The molecule has 150 valence electrons. The summed E-state index contributed by atoms with van der Waals surface area (Å²) in [6.07, 6.45) is 0. The molecular weight excluding hydrogens is 446 g/mol. The fourth-order valence-corrected chi connectivity index (χ4v) is 3.42. The van der Waals surface area contributed by atoms with E-state index in [0.29, 0.717) is 27.6 Å². The Morgan fingerprint density at radius 3 is 2.40 bits per heavy atom. The molecule has 0 aliphatic rings. The van der Waals surface area contributed by atoms with E-state index < -0.39 is 6.04 Å². The van der Waals surface area contributed by atoms with Crippen LogP contribution < -0.4 is 10.1 Å². The zero-order valence-corrected chi connectivity index (χ0v) is 17.7. The largest absolute Gasteiger partial charge is 0.497 e. The van der Waals surface area contributed by atoms with Gasteiger partial charge in [-0.3, -0.25) is 4.79 Å². The Labute approximate surface area is 182 Å². The molecule has 1 atom stereocenters. The number of carbonyl (C=O) groups is 1. The van der Waals surface area contributed by atoms with Crippen molar-refractivity contribution >= 4 is 21.8 Å². The van der Waals surface area contributed by atoms with E-state index in [1.807, 2.05) is 60.7 Å². The smallest absolute Gasteiger partial charge is 0.253 e. The van der Waals surface area contributed by atoms with E-state index in [-0.39, 0.29) is 5.91 Å². The van der Waals surface area contributed by atoms with E-state index >= 15 is 0 Å². The van der Waals surface area contributed by atoms with Gasteiger partial charge in [0.15, 0.2) is 0 Å². The number of amides is 1. The number of methoxy groups -OCH3 is 1. The highest BCUT2D eigenvalue weighted by molar-refractivity contribution is 9.10. The maximum Gasteiger partial charge on any atom is 0.253 e. The molecular formula is C23H18BrN3O3. The molecule has 0 saturated carbocycles. The number of hydrogen-bond acceptors (Lipinski definition) is 5. The van der Waals surface area contributed by atoms with E-state index in [0.717, 1.165) is 11.1 Å². The third kappa shape index (κ3) is 4.26. The van der Waals surface area contributed by atoms with Crippen molar-refractivity contribution in [1.29, 1.82) is 0 Å². The summed E-state index contributed by atoms with van der Waals surface area (Å²) in [5, 5.41) is 11.4. The first kappa shape index (κ1) is 19.8. The molecule has 4 aromatic rings. The van der Waals surface area contributed by atoms with Crippen LogP contribution in [0.2, 0.25) is 0 Å². The highest BCUT2D eigenvalue weighted by atomic mass is 79.9. The van der Waals surface area contributed by atoms with Gasteiger partial charge in [0.1, 0.15) is 11.8 Å². The van der Waals surface area contributed by atoms with Crippen molar-refractivity contribution in [1.82, 2.24) is 15.5 Å². The van der Waals surface area contributed by atoms with Gasteiger partial charge in [0.05, 0.1) is 12.7 Å². The molecule has 0 aliphatic carbocycles. The first-order valence-electron chi connectivity index (χ1n) is 9.24. The third-order valence-electron chi connectivity index (χ3n) is 4.53. The minimum absolute atomic E-state index is 0.297. The molecule has 0 saturated heterocycles. The number of aromatic nitrogens is 2. The summed E-state index contributed by atoms with van der Waals surface area (Å²) in [5.41, 5.74) is 2.08. The standard InChI is InChI=1S/C23H18BrN3O3/c1-29-17-12-13-19(24)18(14-17)21(28)25-20(15-8-4-2-5-9-15)23-27-26-22(30-23)16-10-6-3-7-11-16/h2-14,20H,1H3,(H,25,28)/t20-/m0/s1. The van der Waals surface area contributed by atoms with Crippen molar-refractivity contribution in [2.24, 2.45) is 0 Å². The molecule has 1 aromatic heterocycles. The number of ether oxygens (including phenoxy) is 1. The van der Waals surface area contributed by atoms with Crippen LogP contribution in [0.3, 0.4) is 0 Å². The van der Waals surface area contributed by atoms with Gasteiger partial charge in [0, 0.05) is 10.0 Å². The quantitative estimate of drug-likeness (QED) is 0.433. The van der Waals surface area contributed by atoms with Gasteiger partial charge in [-0.1, -0.05) is 48.5 Å². The molecule has 6 nitrogen and oxygen atoms in total. The Bertz CT molecular complexity index is 1150. The van der Waals surface area contributed by atoms with Gasteiger partial charge in [0.2, 0.25) is 11.8 Å². The van der Waals surface area contributed by atoms with Crippen LogP contribution in [0.1, 0.15) is 27.9 Å². The number of nitrogens with zero attached hydrogens (tertiary/aromatic N) is 2. The predicted octanol–water partition coefficient (Wildman–Crippen LogP) is 5.03. The Hall–Kier alpha value is -3.45. The Morgan fingerprint density at radius 1 is 1.00 bits per heavy atom. The van der Waals surface area contributed by atoms with Crippen molar-refractivity contribution < 1.29 is 13.9 Å². The minimum Gasteiger partial charge on any atom is -0.497 e. The monoisotopic (exact) mass is 463 g/mol. The van der Waals surface area contributed by atoms with Crippen molar-refractivity contribution in [2.75, 3.05) is 7.11 Å². The maximum atomic E-state index is 13.1. The third-order valence-corrected chi connectivity index (χ3v) is 5.23. The lowest BCUT2D eigenvalue weighted by molar-refractivity contribution is 0.0937. The summed E-state index contributed by atoms with van der Waals surface area (Å²) in [5.74, 6) is 0.980. The molecule has 7 heteroatoms. The summed E-state index contributed by atoms with van der Waals surface area (Å²) in [6, 6.07) is 23.6. The van der Waals surface area contributed by atoms with Crippen molar-refractivity contribution in [3.8, 4) is 17.2 Å². The van der Waals surface area contributed by atoms with Gasteiger partial charge < -0.3 is 14.5 Å². The van der Waals surface area contributed by atoms with Gasteiger partial charge in [-0.2, -0.15) is 0 Å². The second-order valence-corrected chi connectivity index (χ2v) is 7.33. The lowest BCUT2D eigenvalue weighted by Gasteiger charge is -2.16. The van der Waals surface area contributed by atoms with Gasteiger partial charge in [-0.05, 0) is 51.8 Å². The Kier molecular flexibility index (Phi) is 5.90. The van der Waals surface area contributed by atoms with Gasteiger partial charge in [0.25, 0.3) is 5.91 Å². The molecule has 0 bridgehead atoms. The van der Waals surface area contributed by atoms with E-state index in [4.69, 9.17) is 9.15 Å². The fraction of sp³-hybridized carbons (Fsp3) is 0.0870. The van der Waals surface area contributed by atoms with E-state index in [9.17, 15) is 4.79 Å². The maximum absolute atomic E-state index is 13.1. The second kappa shape index (κ2) is 8.92. The molecule has 0 spiro atoms. The highest BCUT2D eigenvalue weighted by Gasteiger charge is 2.25. The summed E-state index contributed by atoms with van der Waals surface area (Å²) in [7, 11) is 1.56. The van der Waals surface area contributed by atoms with Crippen LogP contribution >= 0.6 is 15.9 Å². The van der Waals surface area contributed by atoms with Crippen molar-refractivity contribution in [2.45, 2.75) is 6.04 Å². The first-order valence-corrected chi connectivity index (χ1v) is 10.0. The Morgan fingerprint density at radius 2 is 1.70 bits per heavy atom. The molecule has 30 heavy (non-hydrogen) atoms. The molecule has 1 heterocycles. The molecule has 1 amide bonds. The Balaban J connectivity index is 1.68. The van der Waals surface area contributed by atoms with Crippen LogP contribution in [0.5, 0.6) is 5.75 Å². The summed E-state index contributed by atoms with van der Waals surface area (Å²) in [4.78, 5) is 13.1. The topological polar surface area (TPSA) is 77.2 Å².